The molecule has 7 nitrogen and oxygen atoms in total. The molecule has 0 amide bonds. The van der Waals surface area contributed by atoms with Crippen LogP contribution in [0.4, 0.5) is 0 Å². The SMILES string of the molecule is CCNC(=NCc1cccc(-n2cccn2)c1)N1CCC[C@H](C(=O)OCC)C1.I. The lowest BCUT2D eigenvalue weighted by Gasteiger charge is -2.34. The summed E-state index contributed by atoms with van der Waals surface area (Å²) in [5.74, 6) is 0.664. The number of hydrogen-bond acceptors (Lipinski definition) is 4. The van der Waals surface area contributed by atoms with Crippen molar-refractivity contribution >= 4 is 35.9 Å². The summed E-state index contributed by atoms with van der Waals surface area (Å²) in [4.78, 5) is 19.1. The summed E-state index contributed by atoms with van der Waals surface area (Å²) in [5.41, 5.74) is 2.13. The smallest absolute Gasteiger partial charge is 0.310 e. The van der Waals surface area contributed by atoms with Crippen LogP contribution >= 0.6 is 24.0 Å². The van der Waals surface area contributed by atoms with Crippen LogP contribution in [0.15, 0.2) is 47.7 Å². The van der Waals surface area contributed by atoms with Crippen LogP contribution in [0.5, 0.6) is 0 Å². The fraction of sp³-hybridized carbons (Fsp3) is 0.476. The maximum absolute atomic E-state index is 12.1. The normalized spacial score (nSPS) is 16.8. The highest BCUT2D eigenvalue weighted by atomic mass is 127. The predicted octanol–water partition coefficient (Wildman–Crippen LogP) is 3.23. The van der Waals surface area contributed by atoms with Crippen LogP contribution in [0.2, 0.25) is 0 Å². The van der Waals surface area contributed by atoms with E-state index in [-0.39, 0.29) is 35.9 Å². The van der Waals surface area contributed by atoms with Gasteiger partial charge in [0.25, 0.3) is 0 Å². The third-order valence-corrected chi connectivity index (χ3v) is 4.77. The average molecular weight is 511 g/mol. The van der Waals surface area contributed by atoms with Gasteiger partial charge in [0.05, 0.1) is 24.8 Å². The van der Waals surface area contributed by atoms with Crippen LogP contribution in [0.25, 0.3) is 5.69 Å². The molecule has 1 aliphatic rings. The van der Waals surface area contributed by atoms with Crippen molar-refractivity contribution in [3.05, 3.63) is 48.3 Å². The molecule has 0 spiro atoms. The molecular weight excluding hydrogens is 481 g/mol. The van der Waals surface area contributed by atoms with Crippen molar-refractivity contribution in [2.45, 2.75) is 33.2 Å². The minimum absolute atomic E-state index is 0. The molecule has 1 aromatic carbocycles. The quantitative estimate of drug-likeness (QED) is 0.279. The Kier molecular flexibility index (Phi) is 9.43. The number of esters is 1. The van der Waals surface area contributed by atoms with E-state index in [9.17, 15) is 4.79 Å². The molecule has 3 rings (SSSR count). The minimum atomic E-state index is -0.102. The number of likely N-dealkylation sites (tertiary alicyclic amines) is 1. The molecule has 0 bridgehead atoms. The number of halogens is 1. The number of guanidine groups is 1. The number of benzene rings is 1. The topological polar surface area (TPSA) is 71.8 Å². The third kappa shape index (κ3) is 6.45. The zero-order valence-electron chi connectivity index (χ0n) is 17.1. The van der Waals surface area contributed by atoms with Gasteiger partial charge in [0.15, 0.2) is 5.96 Å². The van der Waals surface area contributed by atoms with E-state index in [4.69, 9.17) is 9.73 Å². The monoisotopic (exact) mass is 511 g/mol. The molecule has 1 fully saturated rings. The van der Waals surface area contributed by atoms with Crippen molar-refractivity contribution in [2.75, 3.05) is 26.2 Å². The first-order chi connectivity index (χ1) is 13.7. The lowest BCUT2D eigenvalue weighted by atomic mass is 9.98. The molecule has 1 atom stereocenters. The Morgan fingerprint density at radius 2 is 2.21 bits per heavy atom. The number of nitrogens with zero attached hydrogens (tertiary/aromatic N) is 4. The van der Waals surface area contributed by atoms with Gasteiger partial charge in [0, 0.05) is 32.0 Å². The number of carbonyl (C=O) groups excluding carboxylic acids is 1. The summed E-state index contributed by atoms with van der Waals surface area (Å²) >= 11 is 0. The summed E-state index contributed by atoms with van der Waals surface area (Å²) < 4.78 is 7.05. The Morgan fingerprint density at radius 3 is 2.93 bits per heavy atom. The number of rotatable bonds is 6. The van der Waals surface area contributed by atoms with Crippen LogP contribution in [0.3, 0.4) is 0 Å². The highest BCUT2D eigenvalue weighted by Gasteiger charge is 2.28. The van der Waals surface area contributed by atoms with Crippen molar-refractivity contribution in [1.82, 2.24) is 20.0 Å². The van der Waals surface area contributed by atoms with Crippen molar-refractivity contribution in [2.24, 2.45) is 10.9 Å². The van der Waals surface area contributed by atoms with E-state index >= 15 is 0 Å². The van der Waals surface area contributed by atoms with Gasteiger partial charge < -0.3 is 15.0 Å². The van der Waals surface area contributed by atoms with Crippen molar-refractivity contribution in [3.8, 4) is 5.69 Å². The van der Waals surface area contributed by atoms with E-state index in [1.807, 2.05) is 36.0 Å². The van der Waals surface area contributed by atoms with Gasteiger partial charge in [0.1, 0.15) is 0 Å². The summed E-state index contributed by atoms with van der Waals surface area (Å²) in [6.45, 7) is 7.23. The van der Waals surface area contributed by atoms with Gasteiger partial charge in [-0.1, -0.05) is 12.1 Å². The zero-order chi connectivity index (χ0) is 19.8. The lowest BCUT2D eigenvalue weighted by molar-refractivity contribution is -0.149. The maximum Gasteiger partial charge on any atom is 0.310 e. The Labute approximate surface area is 189 Å². The molecule has 8 heteroatoms. The second kappa shape index (κ2) is 11.8. The lowest BCUT2D eigenvalue weighted by Crippen LogP contribution is -2.48. The molecule has 0 radical (unpaired) electrons. The van der Waals surface area contributed by atoms with Crippen LogP contribution in [-0.2, 0) is 16.1 Å². The van der Waals surface area contributed by atoms with E-state index in [2.05, 4.69) is 34.4 Å². The second-order valence-electron chi connectivity index (χ2n) is 6.83. The molecule has 29 heavy (non-hydrogen) atoms. The Hall–Kier alpha value is -2.10. The van der Waals surface area contributed by atoms with Crippen molar-refractivity contribution in [1.29, 1.82) is 0 Å². The Bertz CT molecular complexity index is 794. The number of carbonyl (C=O) groups is 1. The Morgan fingerprint density at radius 1 is 1.34 bits per heavy atom. The summed E-state index contributed by atoms with van der Waals surface area (Å²) in [5, 5.41) is 7.64. The highest BCUT2D eigenvalue weighted by Crippen LogP contribution is 2.18. The molecule has 1 aromatic heterocycles. The number of hydrogen-bond donors (Lipinski definition) is 1. The number of piperidine rings is 1. The first-order valence-corrected chi connectivity index (χ1v) is 10.00. The zero-order valence-corrected chi connectivity index (χ0v) is 19.4. The molecular formula is C21H30IN5O2. The number of aliphatic imine (C=N–C) groups is 1. The van der Waals surface area contributed by atoms with Crippen molar-refractivity contribution in [3.63, 3.8) is 0 Å². The largest absolute Gasteiger partial charge is 0.466 e. The molecule has 2 heterocycles. The van der Waals surface area contributed by atoms with E-state index in [0.29, 0.717) is 19.7 Å². The number of nitrogens with one attached hydrogen (secondary N) is 1. The second-order valence-corrected chi connectivity index (χ2v) is 6.83. The fourth-order valence-corrected chi connectivity index (χ4v) is 3.43. The molecule has 1 aliphatic heterocycles. The third-order valence-electron chi connectivity index (χ3n) is 4.77. The first-order valence-electron chi connectivity index (χ1n) is 10.00. The van der Waals surface area contributed by atoms with Crippen molar-refractivity contribution < 1.29 is 9.53 Å². The van der Waals surface area contributed by atoms with Gasteiger partial charge in [-0.25, -0.2) is 9.67 Å². The van der Waals surface area contributed by atoms with Crippen LogP contribution in [0, 0.1) is 5.92 Å². The van der Waals surface area contributed by atoms with E-state index < -0.39 is 0 Å². The van der Waals surface area contributed by atoms with E-state index in [1.165, 1.54) is 0 Å². The predicted molar refractivity (Wildman–Crippen MR) is 125 cm³/mol. The summed E-state index contributed by atoms with van der Waals surface area (Å²) in [6, 6.07) is 10.1. The maximum atomic E-state index is 12.1. The van der Waals surface area contributed by atoms with Crippen LogP contribution in [0.1, 0.15) is 32.3 Å². The van der Waals surface area contributed by atoms with Crippen LogP contribution in [-0.4, -0.2) is 52.9 Å². The molecule has 2 aromatic rings. The Balaban J connectivity index is 0.00000300. The van der Waals surface area contributed by atoms with E-state index in [0.717, 1.165) is 43.1 Å². The summed E-state index contributed by atoms with van der Waals surface area (Å²) in [7, 11) is 0. The van der Waals surface area contributed by atoms with Gasteiger partial charge in [-0.3, -0.25) is 4.79 Å². The van der Waals surface area contributed by atoms with Gasteiger partial charge in [-0.2, -0.15) is 5.10 Å². The van der Waals surface area contributed by atoms with Gasteiger partial charge >= 0.3 is 5.97 Å². The molecule has 1 saturated heterocycles. The molecule has 0 aliphatic carbocycles. The van der Waals surface area contributed by atoms with Crippen LogP contribution < -0.4 is 5.32 Å². The molecule has 0 saturated carbocycles. The van der Waals surface area contributed by atoms with Gasteiger partial charge in [0.2, 0.25) is 0 Å². The molecule has 158 valence electrons. The fourth-order valence-electron chi connectivity index (χ4n) is 3.43. The first kappa shape index (κ1) is 23.2. The average Bonchev–Trinajstić information content (AvgIpc) is 3.26. The highest BCUT2D eigenvalue weighted by molar-refractivity contribution is 14.0. The number of aromatic nitrogens is 2. The molecule has 1 N–H and O–H groups in total. The van der Waals surface area contributed by atoms with E-state index in [1.54, 1.807) is 6.20 Å². The molecule has 0 unspecified atom stereocenters. The van der Waals surface area contributed by atoms with Gasteiger partial charge in [-0.05, 0) is 50.5 Å². The minimum Gasteiger partial charge on any atom is -0.466 e. The standard InChI is InChI=1S/C21H29N5O2.HI/c1-3-22-21(25-12-6-9-18(16-25)20(27)28-4-2)23-15-17-8-5-10-19(14-17)26-13-7-11-24-26;/h5,7-8,10-11,13-14,18H,3-4,6,9,12,15-16H2,1-2H3,(H,22,23);1H/t18-;/m0./s1. The summed E-state index contributed by atoms with van der Waals surface area (Å²) in [6.07, 6.45) is 5.53. The number of ether oxygens (including phenoxy) is 1. The van der Waals surface area contributed by atoms with Gasteiger partial charge in [-0.15, -0.1) is 24.0 Å².